The molecule has 2 aromatic rings. The molecule has 2 rings (SSSR count). The lowest BCUT2D eigenvalue weighted by Gasteiger charge is -2.06. The van der Waals surface area contributed by atoms with Gasteiger partial charge in [0, 0.05) is 0 Å². The zero-order valence-corrected chi connectivity index (χ0v) is 11.0. The van der Waals surface area contributed by atoms with Crippen LogP contribution in [-0.2, 0) is 9.59 Å². The van der Waals surface area contributed by atoms with E-state index in [1.807, 2.05) is 0 Å². The molecule has 0 saturated carbocycles. The Morgan fingerprint density at radius 2 is 2.16 bits per heavy atom. The molecule has 0 aliphatic rings. The molecule has 2 N–H and O–H groups in total. The number of aromatic nitrogens is 1. The molecule has 0 aliphatic carbocycles. The van der Waals surface area contributed by atoms with Crippen molar-refractivity contribution >= 4 is 45.3 Å². The number of rotatable bonds is 5. The molecule has 8 heteroatoms. The minimum atomic E-state index is -1.21. The van der Waals surface area contributed by atoms with Crippen molar-refractivity contribution < 1.29 is 24.2 Å². The molecule has 1 aromatic carbocycles. The van der Waals surface area contributed by atoms with Gasteiger partial charge in [0.1, 0.15) is 11.1 Å². The van der Waals surface area contributed by atoms with Crippen LogP contribution in [-0.4, -0.2) is 32.4 Å². The summed E-state index contributed by atoms with van der Waals surface area (Å²) in [6.07, 6.45) is -0.496. The van der Waals surface area contributed by atoms with Crippen LogP contribution in [0, 0.1) is 5.82 Å². The molecule has 1 atom stereocenters. The molecule has 1 aromatic heterocycles. The first-order chi connectivity index (χ1) is 8.95. The standard InChI is InChI=1S/C11H8FNO4S2/c12-5-1-2-6-7(3-5)18-11(13-6)19-8(10(16)17)4-9(14)15/h1-3,8H,4H2,(H,14,15)(H,16,17). The van der Waals surface area contributed by atoms with Crippen LogP contribution in [0.3, 0.4) is 0 Å². The number of thiazole rings is 1. The summed E-state index contributed by atoms with van der Waals surface area (Å²) in [5, 5.41) is 16.5. The van der Waals surface area contributed by atoms with Crippen molar-refractivity contribution in [1.82, 2.24) is 4.98 Å². The third-order valence-electron chi connectivity index (χ3n) is 2.21. The van der Waals surface area contributed by atoms with E-state index in [1.54, 1.807) is 0 Å². The number of carbonyl (C=O) groups is 2. The zero-order valence-electron chi connectivity index (χ0n) is 9.37. The summed E-state index contributed by atoms with van der Waals surface area (Å²) in [6, 6.07) is 4.07. The van der Waals surface area contributed by atoms with E-state index in [4.69, 9.17) is 10.2 Å². The van der Waals surface area contributed by atoms with Gasteiger partial charge in [0.05, 0.1) is 16.6 Å². The van der Waals surface area contributed by atoms with Crippen molar-refractivity contribution in [3.63, 3.8) is 0 Å². The second-order valence-corrected chi connectivity index (χ2v) is 6.11. The van der Waals surface area contributed by atoms with Gasteiger partial charge in [0.2, 0.25) is 0 Å². The monoisotopic (exact) mass is 301 g/mol. The Kier molecular flexibility index (Phi) is 4.01. The number of carboxylic acids is 2. The Labute approximate surface area is 115 Å². The van der Waals surface area contributed by atoms with Crippen LogP contribution in [0.25, 0.3) is 10.2 Å². The first-order valence-electron chi connectivity index (χ1n) is 5.13. The number of aliphatic carboxylic acids is 2. The summed E-state index contributed by atoms with van der Waals surface area (Å²) in [5.74, 6) is -2.79. The fraction of sp³-hybridized carbons (Fsp3) is 0.182. The molecule has 0 saturated heterocycles. The van der Waals surface area contributed by atoms with Crippen molar-refractivity contribution in [3.8, 4) is 0 Å². The molecule has 0 radical (unpaired) electrons. The maximum atomic E-state index is 13.0. The van der Waals surface area contributed by atoms with Gasteiger partial charge < -0.3 is 10.2 Å². The molecule has 1 unspecified atom stereocenters. The van der Waals surface area contributed by atoms with E-state index < -0.39 is 29.4 Å². The van der Waals surface area contributed by atoms with Gasteiger partial charge in [-0.25, -0.2) is 9.37 Å². The summed E-state index contributed by atoms with van der Waals surface area (Å²) in [6.45, 7) is 0. The first kappa shape index (κ1) is 13.8. The summed E-state index contributed by atoms with van der Waals surface area (Å²) in [7, 11) is 0. The quantitative estimate of drug-likeness (QED) is 0.825. The SMILES string of the molecule is O=C(O)CC(Sc1nc2ccc(F)cc2s1)C(=O)O. The van der Waals surface area contributed by atoms with Gasteiger partial charge in [-0.15, -0.1) is 11.3 Å². The largest absolute Gasteiger partial charge is 0.481 e. The molecular formula is C11H8FNO4S2. The molecule has 5 nitrogen and oxygen atoms in total. The topological polar surface area (TPSA) is 87.5 Å². The van der Waals surface area contributed by atoms with Crippen LogP contribution in [0.15, 0.2) is 22.5 Å². The summed E-state index contributed by atoms with van der Waals surface area (Å²) < 4.78 is 14.0. The number of hydrogen-bond donors (Lipinski definition) is 2. The Morgan fingerprint density at radius 3 is 2.79 bits per heavy atom. The van der Waals surface area contributed by atoms with Gasteiger partial charge in [0.25, 0.3) is 0 Å². The fourth-order valence-electron chi connectivity index (χ4n) is 1.39. The predicted molar refractivity (Wildman–Crippen MR) is 69.1 cm³/mol. The average Bonchev–Trinajstić information content (AvgIpc) is 2.68. The lowest BCUT2D eigenvalue weighted by molar-refractivity contribution is -0.142. The predicted octanol–water partition coefficient (Wildman–Crippen LogP) is 2.46. The van der Waals surface area contributed by atoms with E-state index in [9.17, 15) is 14.0 Å². The molecule has 0 fully saturated rings. The van der Waals surface area contributed by atoms with Gasteiger partial charge in [0.15, 0.2) is 4.34 Å². The molecular weight excluding hydrogens is 293 g/mol. The summed E-state index contributed by atoms with van der Waals surface area (Å²) >= 11 is 2.00. The zero-order chi connectivity index (χ0) is 14.0. The van der Waals surface area contributed by atoms with Crippen LogP contribution in [0.4, 0.5) is 4.39 Å². The van der Waals surface area contributed by atoms with E-state index in [-0.39, 0.29) is 0 Å². The normalized spacial score (nSPS) is 12.5. The second kappa shape index (κ2) is 5.54. The molecule has 0 bridgehead atoms. The van der Waals surface area contributed by atoms with Gasteiger partial charge in [-0.1, -0.05) is 11.8 Å². The minimum absolute atomic E-state index is 0.395. The van der Waals surface area contributed by atoms with Crippen LogP contribution < -0.4 is 0 Å². The highest BCUT2D eigenvalue weighted by atomic mass is 32.2. The molecule has 0 amide bonds. The lowest BCUT2D eigenvalue weighted by atomic mass is 10.3. The van der Waals surface area contributed by atoms with Gasteiger partial charge >= 0.3 is 11.9 Å². The molecule has 0 spiro atoms. The number of halogens is 1. The van der Waals surface area contributed by atoms with Crippen LogP contribution in [0.2, 0.25) is 0 Å². The Hall–Kier alpha value is -1.67. The summed E-state index contributed by atoms with van der Waals surface area (Å²) in [5.41, 5.74) is 0.563. The van der Waals surface area contributed by atoms with Gasteiger partial charge in [-0.3, -0.25) is 9.59 Å². The molecule has 19 heavy (non-hydrogen) atoms. The van der Waals surface area contributed by atoms with Gasteiger partial charge in [-0.05, 0) is 18.2 Å². The van der Waals surface area contributed by atoms with E-state index in [0.717, 1.165) is 23.1 Å². The number of fused-ring (bicyclic) bond motifs is 1. The maximum absolute atomic E-state index is 13.0. The van der Waals surface area contributed by atoms with E-state index in [2.05, 4.69) is 4.98 Å². The van der Waals surface area contributed by atoms with Crippen LogP contribution in [0.1, 0.15) is 6.42 Å². The Balaban J connectivity index is 2.23. The Bertz CT molecular complexity index is 643. The van der Waals surface area contributed by atoms with Crippen molar-refractivity contribution in [2.75, 3.05) is 0 Å². The van der Waals surface area contributed by atoms with Crippen LogP contribution >= 0.6 is 23.1 Å². The number of nitrogens with zero attached hydrogens (tertiary/aromatic N) is 1. The lowest BCUT2D eigenvalue weighted by Crippen LogP contribution is -2.20. The third-order valence-corrected chi connectivity index (χ3v) is 4.51. The molecule has 0 aliphatic heterocycles. The molecule has 1 heterocycles. The number of carboxylic acid groups (broad SMARTS) is 2. The third kappa shape index (κ3) is 3.42. The highest BCUT2D eigenvalue weighted by molar-refractivity contribution is 8.02. The van der Waals surface area contributed by atoms with Crippen molar-refractivity contribution in [2.45, 2.75) is 16.0 Å². The van der Waals surface area contributed by atoms with E-state index in [0.29, 0.717) is 14.6 Å². The maximum Gasteiger partial charge on any atom is 0.317 e. The number of benzene rings is 1. The second-order valence-electron chi connectivity index (χ2n) is 3.63. The van der Waals surface area contributed by atoms with E-state index in [1.165, 1.54) is 18.2 Å². The number of thioether (sulfide) groups is 1. The minimum Gasteiger partial charge on any atom is -0.481 e. The smallest absolute Gasteiger partial charge is 0.317 e. The number of hydrogen-bond acceptors (Lipinski definition) is 5. The van der Waals surface area contributed by atoms with Gasteiger partial charge in [-0.2, -0.15) is 0 Å². The van der Waals surface area contributed by atoms with Crippen molar-refractivity contribution in [1.29, 1.82) is 0 Å². The average molecular weight is 301 g/mol. The van der Waals surface area contributed by atoms with Crippen LogP contribution in [0.5, 0.6) is 0 Å². The first-order valence-corrected chi connectivity index (χ1v) is 6.82. The van der Waals surface area contributed by atoms with Crippen molar-refractivity contribution in [3.05, 3.63) is 24.0 Å². The highest BCUT2D eigenvalue weighted by Gasteiger charge is 2.24. The molecule has 100 valence electrons. The summed E-state index contributed by atoms with van der Waals surface area (Å²) in [4.78, 5) is 25.7. The fourth-order valence-corrected chi connectivity index (χ4v) is 3.64. The van der Waals surface area contributed by atoms with E-state index >= 15 is 0 Å². The Morgan fingerprint density at radius 1 is 1.42 bits per heavy atom. The van der Waals surface area contributed by atoms with Crippen molar-refractivity contribution in [2.24, 2.45) is 0 Å². The highest BCUT2D eigenvalue weighted by Crippen LogP contribution is 2.33.